The molecule has 1 aromatic carbocycles. The topological polar surface area (TPSA) is 46.1 Å². The number of aromatic nitrogens is 2. The molecule has 0 amide bonds. The maximum absolute atomic E-state index is 12.7. The summed E-state index contributed by atoms with van der Waals surface area (Å²) in [6, 6.07) is 8.73. The van der Waals surface area contributed by atoms with Gasteiger partial charge in [0, 0.05) is 36.1 Å². The van der Waals surface area contributed by atoms with E-state index in [4.69, 9.17) is 0 Å². The summed E-state index contributed by atoms with van der Waals surface area (Å²) in [5.74, 6) is -0.241. The Hall–Kier alpha value is -2.35. The Balaban J connectivity index is 1.75. The molecule has 0 unspecified atom stereocenters. The van der Waals surface area contributed by atoms with E-state index in [9.17, 15) is 18.0 Å². The summed E-state index contributed by atoms with van der Waals surface area (Å²) >= 11 is 0.893. The lowest BCUT2D eigenvalue weighted by atomic mass is 9.83. The van der Waals surface area contributed by atoms with Crippen LogP contribution in [0.5, 0.6) is 0 Å². The van der Waals surface area contributed by atoms with Crippen LogP contribution in [-0.2, 0) is 16.4 Å². The number of hydrogen-bond acceptors (Lipinski definition) is 5. The van der Waals surface area contributed by atoms with E-state index in [2.05, 4.69) is 9.97 Å². The van der Waals surface area contributed by atoms with Crippen molar-refractivity contribution in [2.45, 2.75) is 30.6 Å². The molecular weight excluding hydrogens is 375 g/mol. The van der Waals surface area contributed by atoms with Gasteiger partial charge in [-0.15, -0.1) is 0 Å². The predicted molar refractivity (Wildman–Crippen MR) is 98.7 cm³/mol. The molecule has 3 rings (SSSR count). The normalized spacial score (nSPS) is 17.3. The number of rotatable bonds is 4. The molecule has 0 N–H and O–H groups in total. The molecule has 142 valence electrons. The van der Waals surface area contributed by atoms with Gasteiger partial charge in [0.1, 0.15) is 5.69 Å². The number of nitrogens with zero attached hydrogens (tertiary/aromatic N) is 3. The number of allylic oxidation sites excluding steroid dienone is 2. The Morgan fingerprint density at radius 3 is 2.63 bits per heavy atom. The van der Waals surface area contributed by atoms with Gasteiger partial charge in [-0.2, -0.15) is 13.2 Å². The van der Waals surface area contributed by atoms with Gasteiger partial charge in [0.25, 0.3) is 0 Å². The van der Waals surface area contributed by atoms with Gasteiger partial charge in [-0.1, -0.05) is 43.8 Å². The van der Waals surface area contributed by atoms with E-state index in [0.717, 1.165) is 41.0 Å². The molecule has 1 aliphatic heterocycles. The van der Waals surface area contributed by atoms with Crippen LogP contribution in [0.15, 0.2) is 53.5 Å². The molecule has 1 aromatic heterocycles. The molecule has 8 heteroatoms. The van der Waals surface area contributed by atoms with Crippen LogP contribution < -0.4 is 4.90 Å². The number of thioether (sulfide) groups is 1. The Morgan fingerprint density at radius 2 is 1.96 bits per heavy atom. The molecular formula is C19H18F3N3OS. The SMILES string of the molecule is CN1/C(=C\C(=O)CSc2nccc(C(F)(F)F)n2)C(C)(C)c2ccccc21. The number of ketones is 1. The van der Waals surface area contributed by atoms with Gasteiger partial charge in [-0.3, -0.25) is 4.79 Å². The molecule has 0 saturated heterocycles. The quantitative estimate of drug-likeness (QED) is 0.436. The monoisotopic (exact) mass is 393 g/mol. The first-order chi connectivity index (χ1) is 12.6. The van der Waals surface area contributed by atoms with Gasteiger partial charge >= 0.3 is 6.18 Å². The summed E-state index contributed by atoms with van der Waals surface area (Å²) in [5, 5.41) is -0.0705. The zero-order chi connectivity index (χ0) is 19.8. The fraction of sp³-hybridized carbons (Fsp3) is 0.316. The highest BCUT2D eigenvalue weighted by Gasteiger charge is 2.38. The minimum absolute atomic E-state index is 0.0366. The third-order valence-corrected chi connectivity index (χ3v) is 5.39. The van der Waals surface area contributed by atoms with Crippen molar-refractivity contribution in [1.82, 2.24) is 9.97 Å². The van der Waals surface area contributed by atoms with Gasteiger partial charge in [0.2, 0.25) is 0 Å². The van der Waals surface area contributed by atoms with E-state index in [1.807, 2.05) is 50.1 Å². The molecule has 0 aliphatic carbocycles. The summed E-state index contributed by atoms with van der Waals surface area (Å²) in [4.78, 5) is 21.7. The van der Waals surface area contributed by atoms with Crippen molar-refractivity contribution >= 4 is 23.2 Å². The Bertz CT molecular complexity index is 909. The van der Waals surface area contributed by atoms with Crippen LogP contribution in [0, 0.1) is 0 Å². The molecule has 0 fully saturated rings. The molecule has 2 heterocycles. The largest absolute Gasteiger partial charge is 0.433 e. The van der Waals surface area contributed by atoms with Crippen LogP contribution in [0.2, 0.25) is 0 Å². The number of carbonyl (C=O) groups excluding carboxylic acids is 1. The maximum Gasteiger partial charge on any atom is 0.433 e. The lowest BCUT2D eigenvalue weighted by Gasteiger charge is -2.23. The summed E-state index contributed by atoms with van der Waals surface area (Å²) in [6.45, 7) is 4.08. The Kier molecular flexibility index (Phi) is 5.03. The first kappa shape index (κ1) is 19.4. The molecule has 4 nitrogen and oxygen atoms in total. The maximum atomic E-state index is 12.7. The number of carbonyl (C=O) groups is 1. The highest BCUT2D eigenvalue weighted by Crippen LogP contribution is 2.46. The summed E-state index contributed by atoms with van der Waals surface area (Å²) in [7, 11) is 1.90. The standard InChI is InChI=1S/C19H18F3N3OS/c1-18(2)13-6-4-5-7-14(13)25(3)16(18)10-12(26)11-27-17-23-9-8-15(24-17)19(20,21)22/h4-10H,11H2,1-3H3/b16-10-. The van der Waals surface area contributed by atoms with E-state index in [-0.39, 0.29) is 22.1 Å². The lowest BCUT2D eigenvalue weighted by molar-refractivity contribution is -0.141. The lowest BCUT2D eigenvalue weighted by Crippen LogP contribution is -2.24. The van der Waals surface area contributed by atoms with Gasteiger partial charge < -0.3 is 4.90 Å². The molecule has 27 heavy (non-hydrogen) atoms. The number of fused-ring (bicyclic) bond motifs is 1. The number of para-hydroxylation sites is 1. The van der Waals surface area contributed by atoms with Crippen molar-refractivity contribution < 1.29 is 18.0 Å². The van der Waals surface area contributed by atoms with Crippen molar-refractivity contribution in [2.75, 3.05) is 17.7 Å². The first-order valence-electron chi connectivity index (χ1n) is 8.22. The first-order valence-corrected chi connectivity index (χ1v) is 9.20. The zero-order valence-electron chi connectivity index (χ0n) is 15.0. The number of alkyl halides is 3. The van der Waals surface area contributed by atoms with Gasteiger partial charge in [-0.05, 0) is 17.7 Å². The number of likely N-dealkylation sites (N-methyl/N-ethyl adjacent to an activating group) is 1. The summed E-state index contributed by atoms with van der Waals surface area (Å²) in [5.41, 5.74) is 1.66. The van der Waals surface area contributed by atoms with Crippen molar-refractivity contribution in [3.63, 3.8) is 0 Å². The van der Waals surface area contributed by atoms with Crippen molar-refractivity contribution in [2.24, 2.45) is 0 Å². The van der Waals surface area contributed by atoms with Crippen LogP contribution in [-0.4, -0.2) is 28.6 Å². The van der Waals surface area contributed by atoms with Crippen molar-refractivity contribution in [1.29, 1.82) is 0 Å². The molecule has 0 radical (unpaired) electrons. The molecule has 0 atom stereocenters. The van der Waals surface area contributed by atoms with E-state index < -0.39 is 11.9 Å². The molecule has 0 spiro atoms. The highest BCUT2D eigenvalue weighted by molar-refractivity contribution is 7.99. The minimum Gasteiger partial charge on any atom is -0.347 e. The zero-order valence-corrected chi connectivity index (χ0v) is 15.9. The average molecular weight is 393 g/mol. The molecule has 2 aromatic rings. The Morgan fingerprint density at radius 1 is 1.26 bits per heavy atom. The van der Waals surface area contributed by atoms with Crippen molar-refractivity contribution in [3.05, 3.63) is 59.6 Å². The fourth-order valence-electron chi connectivity index (χ4n) is 3.16. The van der Waals surface area contributed by atoms with E-state index in [0.29, 0.717) is 0 Å². The third-order valence-electron chi connectivity index (χ3n) is 4.51. The summed E-state index contributed by atoms with van der Waals surface area (Å²) in [6.07, 6.45) is -1.93. The number of hydrogen-bond donors (Lipinski definition) is 0. The second kappa shape index (κ2) is 6.99. The smallest absolute Gasteiger partial charge is 0.347 e. The fourth-order valence-corrected chi connectivity index (χ4v) is 3.81. The minimum atomic E-state index is -4.54. The molecule has 0 bridgehead atoms. The van der Waals surface area contributed by atoms with Crippen LogP contribution in [0.1, 0.15) is 25.1 Å². The number of halogens is 3. The molecule has 0 saturated carbocycles. The van der Waals surface area contributed by atoms with Crippen LogP contribution >= 0.6 is 11.8 Å². The van der Waals surface area contributed by atoms with Crippen molar-refractivity contribution in [3.8, 4) is 0 Å². The average Bonchev–Trinajstić information content (AvgIpc) is 2.81. The highest BCUT2D eigenvalue weighted by atomic mass is 32.2. The van der Waals surface area contributed by atoms with Crippen LogP contribution in [0.3, 0.4) is 0 Å². The number of benzene rings is 1. The van der Waals surface area contributed by atoms with E-state index in [1.54, 1.807) is 6.08 Å². The van der Waals surface area contributed by atoms with Gasteiger partial charge in [0.05, 0.1) is 5.75 Å². The van der Waals surface area contributed by atoms with Gasteiger partial charge in [-0.25, -0.2) is 9.97 Å². The predicted octanol–water partition coefficient (Wildman–Crippen LogP) is 4.47. The van der Waals surface area contributed by atoms with E-state index >= 15 is 0 Å². The Labute approximate surface area is 159 Å². The van der Waals surface area contributed by atoms with Crippen LogP contribution in [0.4, 0.5) is 18.9 Å². The van der Waals surface area contributed by atoms with Gasteiger partial charge in [0.15, 0.2) is 10.9 Å². The van der Waals surface area contributed by atoms with Crippen LogP contribution in [0.25, 0.3) is 0 Å². The third kappa shape index (κ3) is 3.85. The van der Waals surface area contributed by atoms with E-state index in [1.165, 1.54) is 0 Å². The second-order valence-corrected chi connectivity index (χ2v) is 7.65. The summed E-state index contributed by atoms with van der Waals surface area (Å²) < 4.78 is 38.1. The number of anilines is 1. The second-order valence-electron chi connectivity index (χ2n) is 6.71. The molecule has 1 aliphatic rings.